The zero-order chi connectivity index (χ0) is 30.5. The molecular formula is C29H44N4O6S. The highest BCUT2D eigenvalue weighted by Gasteiger charge is 2.21. The van der Waals surface area contributed by atoms with Gasteiger partial charge in [-0.2, -0.15) is 0 Å². The maximum atomic E-state index is 12.3. The van der Waals surface area contributed by atoms with Crippen LogP contribution in [0.3, 0.4) is 0 Å². The van der Waals surface area contributed by atoms with Crippen LogP contribution in [0.25, 0.3) is 0 Å². The number of pyridine rings is 1. The van der Waals surface area contributed by atoms with Crippen molar-refractivity contribution in [3.63, 3.8) is 0 Å². The van der Waals surface area contributed by atoms with Crippen molar-refractivity contribution in [2.75, 3.05) is 5.32 Å². The van der Waals surface area contributed by atoms with E-state index in [4.69, 9.17) is 5.11 Å². The number of anilines is 1. The smallest absolute Gasteiger partial charge is 0.450 e. The molecule has 0 saturated carbocycles. The van der Waals surface area contributed by atoms with E-state index in [0.29, 0.717) is 16.1 Å². The minimum Gasteiger partial charge on any atom is -0.450 e. The lowest BCUT2D eigenvalue weighted by Crippen LogP contribution is -2.50. The first-order chi connectivity index (χ1) is 19.0. The first-order valence-electron chi connectivity index (χ1n) is 13.5. The topological polar surface area (TPSA) is 147 Å². The van der Waals surface area contributed by atoms with Gasteiger partial charge in [-0.25, -0.2) is 4.79 Å². The standard InChI is InChI=1S/C20H22N4O6S.C5H12.C4H10/c1-11(23-19(27)14-7-16(31)9-21-8-14)17(25)22-12(2)18(26)24-15-5-3-13(4-6-15)10-30-20(28)29;1-3-5-4-2;1-3-4-2/h3-9,11-12,31H,10H2,1-2H3,(H,22,25)(H,23,27)(H,24,26)(H,28,29);3-5H2,1-2H3;3-4H2,1-2H3. The van der Waals surface area contributed by atoms with Crippen molar-refractivity contribution in [2.24, 2.45) is 0 Å². The summed E-state index contributed by atoms with van der Waals surface area (Å²) in [7, 11) is 0. The van der Waals surface area contributed by atoms with Gasteiger partial charge in [-0.1, -0.05) is 71.9 Å². The van der Waals surface area contributed by atoms with E-state index in [9.17, 15) is 19.2 Å². The molecule has 0 spiro atoms. The van der Waals surface area contributed by atoms with Gasteiger partial charge in [0.05, 0.1) is 5.56 Å². The fourth-order valence-corrected chi connectivity index (χ4v) is 2.94. The highest BCUT2D eigenvalue weighted by Crippen LogP contribution is 2.11. The van der Waals surface area contributed by atoms with E-state index in [2.05, 4.69) is 66.0 Å². The maximum Gasteiger partial charge on any atom is 0.506 e. The van der Waals surface area contributed by atoms with Crippen LogP contribution in [0.4, 0.5) is 10.5 Å². The number of ether oxygens (including phenoxy) is 1. The van der Waals surface area contributed by atoms with E-state index < -0.39 is 36.0 Å². The number of carboxylic acid groups (broad SMARTS) is 1. The Kier molecular flexibility index (Phi) is 19.3. The molecular weight excluding hydrogens is 532 g/mol. The van der Waals surface area contributed by atoms with Gasteiger partial charge >= 0.3 is 6.16 Å². The summed E-state index contributed by atoms with van der Waals surface area (Å²) in [4.78, 5) is 51.6. The number of unbranched alkanes of at least 4 members (excludes halogenated alkanes) is 3. The molecule has 1 aromatic heterocycles. The number of aromatic nitrogens is 1. The van der Waals surface area contributed by atoms with E-state index in [0.717, 1.165) is 0 Å². The Balaban J connectivity index is 0.00000146. The lowest BCUT2D eigenvalue weighted by molar-refractivity contribution is -0.127. The van der Waals surface area contributed by atoms with Crippen molar-refractivity contribution < 1.29 is 29.0 Å². The normalized spacial score (nSPS) is 11.3. The molecule has 10 nitrogen and oxygen atoms in total. The second-order valence-electron chi connectivity index (χ2n) is 8.95. The van der Waals surface area contributed by atoms with Crippen molar-refractivity contribution in [1.82, 2.24) is 15.6 Å². The summed E-state index contributed by atoms with van der Waals surface area (Å²) in [5.74, 6) is -1.49. The fraction of sp³-hybridized carbons (Fsp3) is 0.483. The van der Waals surface area contributed by atoms with Crippen molar-refractivity contribution in [3.8, 4) is 0 Å². The van der Waals surface area contributed by atoms with Crippen LogP contribution in [-0.4, -0.2) is 46.1 Å². The van der Waals surface area contributed by atoms with E-state index in [1.165, 1.54) is 64.4 Å². The molecule has 4 N–H and O–H groups in total. The van der Waals surface area contributed by atoms with Gasteiger partial charge in [0.2, 0.25) is 11.8 Å². The third-order valence-corrected chi connectivity index (χ3v) is 5.51. The summed E-state index contributed by atoms with van der Waals surface area (Å²) in [6.45, 7) is 11.7. The number of carbonyl (C=O) groups excluding carboxylic acids is 3. The van der Waals surface area contributed by atoms with Crippen molar-refractivity contribution in [3.05, 3.63) is 53.9 Å². The van der Waals surface area contributed by atoms with Gasteiger partial charge in [-0.3, -0.25) is 19.4 Å². The molecule has 0 aliphatic carbocycles. The molecule has 1 aromatic carbocycles. The molecule has 2 aromatic rings. The van der Waals surface area contributed by atoms with Gasteiger partial charge in [-0.05, 0) is 37.6 Å². The average Bonchev–Trinajstić information content (AvgIpc) is 2.93. The Morgan fingerprint density at radius 3 is 1.93 bits per heavy atom. The van der Waals surface area contributed by atoms with Gasteiger partial charge in [0, 0.05) is 23.0 Å². The number of nitrogens with zero attached hydrogens (tertiary/aromatic N) is 1. The average molecular weight is 577 g/mol. The molecule has 3 amide bonds. The molecule has 0 fully saturated rings. The Bertz CT molecular complexity index is 1050. The van der Waals surface area contributed by atoms with Gasteiger partial charge < -0.3 is 25.8 Å². The third-order valence-electron chi connectivity index (χ3n) is 5.27. The number of thiol groups is 1. The zero-order valence-electron chi connectivity index (χ0n) is 24.3. The first-order valence-corrected chi connectivity index (χ1v) is 13.9. The number of benzene rings is 1. The molecule has 0 radical (unpaired) electrons. The largest absolute Gasteiger partial charge is 0.506 e. The molecule has 0 aliphatic rings. The predicted octanol–water partition coefficient (Wildman–Crippen LogP) is 5.83. The molecule has 1 heterocycles. The Labute approximate surface area is 243 Å². The summed E-state index contributed by atoms with van der Waals surface area (Å²) in [5.41, 5.74) is 1.34. The fourth-order valence-electron chi connectivity index (χ4n) is 2.73. The van der Waals surface area contributed by atoms with E-state index in [-0.39, 0.29) is 12.2 Å². The molecule has 11 heteroatoms. The molecule has 222 valence electrons. The number of hydrogen-bond donors (Lipinski definition) is 5. The lowest BCUT2D eigenvalue weighted by atomic mass is 10.2. The highest BCUT2D eigenvalue weighted by molar-refractivity contribution is 7.80. The first kappa shape index (κ1) is 36.4. The molecule has 40 heavy (non-hydrogen) atoms. The number of hydrogen-bond acceptors (Lipinski definition) is 7. The van der Waals surface area contributed by atoms with Gasteiger partial charge in [0.15, 0.2) is 0 Å². The van der Waals surface area contributed by atoms with Crippen LogP contribution in [0, 0.1) is 0 Å². The Morgan fingerprint density at radius 1 is 0.875 bits per heavy atom. The molecule has 2 unspecified atom stereocenters. The van der Waals surface area contributed by atoms with Gasteiger partial charge in [0.25, 0.3) is 5.91 Å². The number of amides is 3. The van der Waals surface area contributed by atoms with Crippen LogP contribution < -0.4 is 16.0 Å². The predicted molar refractivity (Wildman–Crippen MR) is 160 cm³/mol. The summed E-state index contributed by atoms with van der Waals surface area (Å²) in [6, 6.07) is 6.14. The Hall–Kier alpha value is -3.60. The van der Waals surface area contributed by atoms with Gasteiger partial charge in [-0.15, -0.1) is 12.6 Å². The molecule has 2 rings (SSSR count). The summed E-state index contributed by atoms with van der Waals surface area (Å²) < 4.78 is 4.46. The molecule has 2 atom stereocenters. The van der Waals surface area contributed by atoms with Crippen LogP contribution >= 0.6 is 12.6 Å². The highest BCUT2D eigenvalue weighted by atomic mass is 32.1. The van der Waals surface area contributed by atoms with Crippen LogP contribution in [0.15, 0.2) is 47.6 Å². The second kappa shape index (κ2) is 21.2. The van der Waals surface area contributed by atoms with E-state index in [1.807, 2.05) is 0 Å². The van der Waals surface area contributed by atoms with Crippen LogP contribution in [0.2, 0.25) is 0 Å². The van der Waals surface area contributed by atoms with Crippen molar-refractivity contribution in [1.29, 1.82) is 0 Å². The Morgan fingerprint density at radius 2 is 1.45 bits per heavy atom. The maximum absolute atomic E-state index is 12.3. The SMILES string of the molecule is CC(NC(=O)c1cncc(S)c1)C(=O)NC(C)C(=O)Nc1ccc(COC(=O)O)cc1.CCCC.CCCCC. The lowest BCUT2D eigenvalue weighted by Gasteiger charge is -2.18. The summed E-state index contributed by atoms with van der Waals surface area (Å²) in [6.07, 6.45) is 8.18. The monoisotopic (exact) mass is 576 g/mol. The zero-order valence-corrected chi connectivity index (χ0v) is 25.2. The number of carbonyl (C=O) groups is 4. The summed E-state index contributed by atoms with van der Waals surface area (Å²) >= 11 is 4.12. The van der Waals surface area contributed by atoms with E-state index >= 15 is 0 Å². The molecule has 0 saturated heterocycles. The van der Waals surface area contributed by atoms with Crippen LogP contribution in [0.5, 0.6) is 0 Å². The summed E-state index contributed by atoms with van der Waals surface area (Å²) in [5, 5.41) is 16.2. The third kappa shape index (κ3) is 16.4. The van der Waals surface area contributed by atoms with Crippen LogP contribution in [0.1, 0.15) is 89.6 Å². The second-order valence-corrected chi connectivity index (χ2v) is 9.47. The van der Waals surface area contributed by atoms with E-state index in [1.54, 1.807) is 24.3 Å². The van der Waals surface area contributed by atoms with Gasteiger partial charge in [0.1, 0.15) is 18.7 Å². The molecule has 0 bridgehead atoms. The number of nitrogens with one attached hydrogen (secondary N) is 3. The quantitative estimate of drug-likeness (QED) is 0.167. The van der Waals surface area contributed by atoms with Crippen molar-refractivity contribution >= 4 is 42.2 Å². The number of rotatable bonds is 11. The molecule has 0 aliphatic heterocycles. The van der Waals surface area contributed by atoms with Crippen LogP contribution in [-0.2, 0) is 20.9 Å². The minimum atomic E-state index is -1.38. The van der Waals surface area contributed by atoms with Crippen molar-refractivity contribution in [2.45, 2.75) is 97.2 Å². The minimum absolute atomic E-state index is 0.103.